The van der Waals surface area contributed by atoms with Gasteiger partial charge in [-0.15, -0.1) is 0 Å². The van der Waals surface area contributed by atoms with Gasteiger partial charge in [-0.3, -0.25) is 9.59 Å². The number of amides is 1. The first-order valence-electron chi connectivity index (χ1n) is 8.35. The summed E-state index contributed by atoms with van der Waals surface area (Å²) in [7, 11) is 1.59. The number of aryl methyl sites for hydroxylation is 1. The fraction of sp³-hybridized carbons (Fsp3) is 0.300. The molecule has 1 amide bonds. The maximum atomic E-state index is 11.4. The second-order valence-corrected chi connectivity index (χ2v) is 6.20. The SMILES string of the molecule is COc1cc(-c2ccc(C3CCC(=O)N3)cc2)ccc1CCC(=O)O. The van der Waals surface area contributed by atoms with Crippen LogP contribution in [0.4, 0.5) is 0 Å². The summed E-state index contributed by atoms with van der Waals surface area (Å²) in [6.45, 7) is 0. The number of carbonyl (C=O) groups excluding carboxylic acids is 1. The Kier molecular flexibility index (Phi) is 5.03. The van der Waals surface area contributed by atoms with Gasteiger partial charge in [0, 0.05) is 12.8 Å². The second kappa shape index (κ2) is 7.38. The van der Waals surface area contributed by atoms with Gasteiger partial charge in [-0.05, 0) is 41.2 Å². The molecule has 1 aliphatic rings. The van der Waals surface area contributed by atoms with E-state index in [-0.39, 0.29) is 18.4 Å². The molecular weight excluding hydrogens is 318 g/mol. The standard InChI is InChI=1S/C20H21NO4/c1-25-18-12-16(7-6-15(18)8-11-20(23)24)13-2-4-14(5-3-13)17-9-10-19(22)21-17/h2-7,12,17H,8-11H2,1H3,(H,21,22)(H,23,24). The average Bonchev–Trinajstić information content (AvgIpc) is 3.06. The van der Waals surface area contributed by atoms with Gasteiger partial charge >= 0.3 is 5.97 Å². The lowest BCUT2D eigenvalue weighted by Gasteiger charge is -2.13. The number of carboxylic acid groups (broad SMARTS) is 1. The van der Waals surface area contributed by atoms with Gasteiger partial charge in [-0.1, -0.05) is 36.4 Å². The van der Waals surface area contributed by atoms with Crippen LogP contribution in [0.25, 0.3) is 11.1 Å². The predicted octanol–water partition coefficient (Wildman–Crippen LogP) is 3.33. The number of hydrogen-bond donors (Lipinski definition) is 2. The smallest absolute Gasteiger partial charge is 0.303 e. The van der Waals surface area contributed by atoms with Crippen molar-refractivity contribution < 1.29 is 19.4 Å². The number of hydrogen-bond acceptors (Lipinski definition) is 3. The fourth-order valence-electron chi connectivity index (χ4n) is 3.14. The van der Waals surface area contributed by atoms with Gasteiger partial charge < -0.3 is 15.2 Å². The molecule has 1 saturated heterocycles. The molecule has 130 valence electrons. The van der Waals surface area contributed by atoms with E-state index in [0.717, 1.165) is 28.7 Å². The normalized spacial score (nSPS) is 16.5. The summed E-state index contributed by atoms with van der Waals surface area (Å²) in [6, 6.07) is 14.1. The fourth-order valence-corrected chi connectivity index (χ4v) is 3.14. The lowest BCUT2D eigenvalue weighted by molar-refractivity contribution is -0.137. The van der Waals surface area contributed by atoms with E-state index in [1.54, 1.807) is 7.11 Å². The number of carbonyl (C=O) groups is 2. The number of nitrogens with one attached hydrogen (secondary N) is 1. The van der Waals surface area contributed by atoms with Crippen LogP contribution >= 0.6 is 0 Å². The molecule has 2 aromatic carbocycles. The van der Waals surface area contributed by atoms with Crippen molar-refractivity contribution in [3.05, 3.63) is 53.6 Å². The molecule has 1 aliphatic heterocycles. The highest BCUT2D eigenvalue weighted by atomic mass is 16.5. The van der Waals surface area contributed by atoms with E-state index in [1.165, 1.54) is 0 Å². The van der Waals surface area contributed by atoms with Crippen LogP contribution in [0, 0.1) is 0 Å². The van der Waals surface area contributed by atoms with Gasteiger partial charge in [0.15, 0.2) is 0 Å². The van der Waals surface area contributed by atoms with Crippen molar-refractivity contribution in [1.29, 1.82) is 0 Å². The molecule has 1 heterocycles. The number of benzene rings is 2. The first-order valence-corrected chi connectivity index (χ1v) is 8.35. The third kappa shape index (κ3) is 3.99. The van der Waals surface area contributed by atoms with Crippen molar-refractivity contribution in [2.45, 2.75) is 31.7 Å². The van der Waals surface area contributed by atoms with Crippen molar-refractivity contribution in [3.8, 4) is 16.9 Å². The van der Waals surface area contributed by atoms with Crippen LogP contribution in [-0.4, -0.2) is 24.1 Å². The zero-order valence-electron chi connectivity index (χ0n) is 14.1. The van der Waals surface area contributed by atoms with E-state index in [1.807, 2.05) is 42.5 Å². The Morgan fingerprint density at radius 2 is 1.92 bits per heavy atom. The maximum absolute atomic E-state index is 11.4. The van der Waals surface area contributed by atoms with Crippen LogP contribution in [-0.2, 0) is 16.0 Å². The van der Waals surface area contributed by atoms with Crippen molar-refractivity contribution >= 4 is 11.9 Å². The summed E-state index contributed by atoms with van der Waals surface area (Å²) in [6.07, 6.45) is 1.95. The monoisotopic (exact) mass is 339 g/mol. The Balaban J connectivity index is 1.79. The summed E-state index contributed by atoms with van der Waals surface area (Å²) >= 11 is 0. The molecule has 25 heavy (non-hydrogen) atoms. The molecule has 0 saturated carbocycles. The lowest BCUT2D eigenvalue weighted by Crippen LogP contribution is -2.18. The number of rotatable bonds is 6. The molecule has 1 fully saturated rings. The molecule has 0 bridgehead atoms. The first-order chi connectivity index (χ1) is 12.1. The highest BCUT2D eigenvalue weighted by molar-refractivity contribution is 5.78. The van der Waals surface area contributed by atoms with E-state index < -0.39 is 5.97 Å². The molecule has 5 heteroatoms. The molecule has 3 rings (SSSR count). The second-order valence-electron chi connectivity index (χ2n) is 6.20. The van der Waals surface area contributed by atoms with E-state index in [9.17, 15) is 9.59 Å². The van der Waals surface area contributed by atoms with Gasteiger partial charge in [-0.25, -0.2) is 0 Å². The topological polar surface area (TPSA) is 75.6 Å². The molecule has 2 aromatic rings. The van der Waals surface area contributed by atoms with Gasteiger partial charge in [-0.2, -0.15) is 0 Å². The third-order valence-electron chi connectivity index (χ3n) is 4.54. The van der Waals surface area contributed by atoms with Crippen LogP contribution in [0.5, 0.6) is 5.75 Å². The Morgan fingerprint density at radius 3 is 2.52 bits per heavy atom. The Bertz CT molecular complexity index is 783. The Labute approximate surface area is 146 Å². The van der Waals surface area contributed by atoms with E-state index in [2.05, 4.69) is 5.32 Å². The van der Waals surface area contributed by atoms with Gasteiger partial charge in [0.2, 0.25) is 5.91 Å². The molecular formula is C20H21NO4. The molecule has 0 spiro atoms. The third-order valence-corrected chi connectivity index (χ3v) is 4.54. The molecule has 5 nitrogen and oxygen atoms in total. The Hall–Kier alpha value is -2.82. The van der Waals surface area contributed by atoms with Crippen LogP contribution in [0.2, 0.25) is 0 Å². The Morgan fingerprint density at radius 1 is 1.20 bits per heavy atom. The number of aliphatic carboxylic acids is 1. The van der Waals surface area contributed by atoms with Gasteiger partial charge in [0.1, 0.15) is 5.75 Å². The summed E-state index contributed by atoms with van der Waals surface area (Å²) in [5.41, 5.74) is 4.06. The van der Waals surface area contributed by atoms with Crippen molar-refractivity contribution in [2.24, 2.45) is 0 Å². The van der Waals surface area contributed by atoms with Crippen LogP contribution in [0.3, 0.4) is 0 Å². The first kappa shape index (κ1) is 17.0. The highest BCUT2D eigenvalue weighted by Gasteiger charge is 2.22. The van der Waals surface area contributed by atoms with E-state index in [0.29, 0.717) is 18.6 Å². The summed E-state index contributed by atoms with van der Waals surface area (Å²) < 4.78 is 5.42. The van der Waals surface area contributed by atoms with Crippen LogP contribution in [0.15, 0.2) is 42.5 Å². The van der Waals surface area contributed by atoms with Gasteiger partial charge in [0.25, 0.3) is 0 Å². The van der Waals surface area contributed by atoms with Crippen molar-refractivity contribution in [1.82, 2.24) is 5.32 Å². The molecule has 0 aliphatic carbocycles. The average molecular weight is 339 g/mol. The van der Waals surface area contributed by atoms with E-state index >= 15 is 0 Å². The van der Waals surface area contributed by atoms with Gasteiger partial charge in [0.05, 0.1) is 13.2 Å². The quantitative estimate of drug-likeness (QED) is 0.846. The predicted molar refractivity (Wildman–Crippen MR) is 94.5 cm³/mol. The maximum Gasteiger partial charge on any atom is 0.303 e. The number of methoxy groups -OCH3 is 1. The minimum absolute atomic E-state index is 0.0809. The summed E-state index contributed by atoms with van der Waals surface area (Å²) in [5.74, 6) is -0.0117. The number of ether oxygens (including phenoxy) is 1. The molecule has 0 radical (unpaired) electrons. The van der Waals surface area contributed by atoms with Crippen molar-refractivity contribution in [3.63, 3.8) is 0 Å². The highest BCUT2D eigenvalue weighted by Crippen LogP contribution is 2.30. The summed E-state index contributed by atoms with van der Waals surface area (Å²) in [4.78, 5) is 22.1. The van der Waals surface area contributed by atoms with Crippen LogP contribution < -0.4 is 10.1 Å². The van der Waals surface area contributed by atoms with Crippen molar-refractivity contribution in [2.75, 3.05) is 7.11 Å². The summed E-state index contributed by atoms with van der Waals surface area (Å²) in [5, 5.41) is 11.8. The molecule has 1 unspecified atom stereocenters. The minimum Gasteiger partial charge on any atom is -0.496 e. The zero-order valence-corrected chi connectivity index (χ0v) is 14.1. The minimum atomic E-state index is -0.819. The molecule has 1 atom stereocenters. The molecule has 0 aromatic heterocycles. The van der Waals surface area contributed by atoms with Crippen LogP contribution in [0.1, 0.15) is 36.4 Å². The zero-order chi connectivity index (χ0) is 17.8. The lowest BCUT2D eigenvalue weighted by atomic mass is 9.98. The van der Waals surface area contributed by atoms with E-state index in [4.69, 9.17) is 9.84 Å². The molecule has 2 N–H and O–H groups in total. The largest absolute Gasteiger partial charge is 0.496 e. The number of carboxylic acids is 1.